The molecular weight excluding hydrogens is 373 g/mol. The fourth-order valence-corrected chi connectivity index (χ4v) is 1.95. The van der Waals surface area contributed by atoms with E-state index in [1.807, 2.05) is 0 Å². The number of halogens is 2. The first-order valence-corrected chi connectivity index (χ1v) is 8.20. The number of ether oxygens (including phenoxy) is 1. The van der Waals surface area contributed by atoms with Crippen molar-refractivity contribution in [2.45, 2.75) is 33.8 Å². The Morgan fingerprint density at radius 2 is 1.83 bits per heavy atom. The molecule has 1 rings (SSSR count). The second-order valence-electron chi connectivity index (χ2n) is 5.98. The summed E-state index contributed by atoms with van der Waals surface area (Å²) in [4.78, 5) is 23.7. The number of benzene rings is 1. The summed E-state index contributed by atoms with van der Waals surface area (Å²) in [6, 6.07) is 4.68. The first-order valence-electron chi connectivity index (χ1n) is 7.03. The molecule has 0 saturated heterocycles. The van der Waals surface area contributed by atoms with Crippen LogP contribution in [0.5, 0.6) is 5.75 Å². The van der Waals surface area contributed by atoms with Crippen LogP contribution in [0.4, 0.5) is 0 Å². The van der Waals surface area contributed by atoms with E-state index in [2.05, 4.69) is 16.2 Å². The Bertz CT molecular complexity index is 647. The third-order valence-corrected chi connectivity index (χ3v) is 3.51. The van der Waals surface area contributed by atoms with Crippen molar-refractivity contribution in [1.29, 1.82) is 0 Å². The van der Waals surface area contributed by atoms with Crippen molar-refractivity contribution in [1.82, 2.24) is 16.2 Å². The molecule has 0 heterocycles. The summed E-state index contributed by atoms with van der Waals surface area (Å²) in [5, 5.41) is 3.21. The molecule has 0 aliphatic carbocycles. The van der Waals surface area contributed by atoms with Crippen LogP contribution < -0.4 is 20.9 Å². The Morgan fingerprint density at radius 3 is 2.38 bits per heavy atom. The van der Waals surface area contributed by atoms with Crippen molar-refractivity contribution < 1.29 is 14.3 Å². The van der Waals surface area contributed by atoms with E-state index in [9.17, 15) is 9.59 Å². The summed E-state index contributed by atoms with van der Waals surface area (Å²) in [5.41, 5.74) is 4.19. The van der Waals surface area contributed by atoms with Gasteiger partial charge in [-0.05, 0) is 37.3 Å². The summed E-state index contributed by atoms with van der Waals surface area (Å²) in [6.45, 7) is 6.78. The maximum atomic E-state index is 12.0. The Hall–Kier alpha value is -1.57. The lowest BCUT2D eigenvalue weighted by Crippen LogP contribution is -2.53. The minimum Gasteiger partial charge on any atom is -0.479 e. The quantitative estimate of drug-likeness (QED) is 0.545. The van der Waals surface area contributed by atoms with Crippen LogP contribution in [-0.4, -0.2) is 23.0 Å². The molecule has 24 heavy (non-hydrogen) atoms. The van der Waals surface area contributed by atoms with Gasteiger partial charge in [0.2, 0.25) is 5.91 Å². The first-order chi connectivity index (χ1) is 11.0. The zero-order valence-electron chi connectivity index (χ0n) is 13.7. The van der Waals surface area contributed by atoms with Gasteiger partial charge in [0.25, 0.3) is 5.91 Å². The van der Waals surface area contributed by atoms with Crippen molar-refractivity contribution in [3.05, 3.63) is 28.2 Å². The second-order valence-corrected chi connectivity index (χ2v) is 7.23. The number of thiocarbonyl (C=S) groups is 1. The van der Waals surface area contributed by atoms with E-state index in [1.54, 1.807) is 39.8 Å². The van der Waals surface area contributed by atoms with E-state index in [0.717, 1.165) is 0 Å². The van der Waals surface area contributed by atoms with Crippen molar-refractivity contribution in [3.8, 4) is 5.75 Å². The summed E-state index contributed by atoms with van der Waals surface area (Å²) in [5.74, 6) is -0.438. The van der Waals surface area contributed by atoms with Crippen molar-refractivity contribution in [2.24, 2.45) is 5.41 Å². The van der Waals surface area contributed by atoms with Gasteiger partial charge in [0, 0.05) is 10.4 Å². The van der Waals surface area contributed by atoms with Crippen LogP contribution in [0.15, 0.2) is 18.2 Å². The summed E-state index contributed by atoms with van der Waals surface area (Å²) < 4.78 is 5.46. The zero-order chi connectivity index (χ0) is 18.5. The molecule has 0 bridgehead atoms. The maximum Gasteiger partial charge on any atom is 0.279 e. The molecule has 0 aliphatic rings. The van der Waals surface area contributed by atoms with Gasteiger partial charge in [-0.15, -0.1) is 0 Å². The topological polar surface area (TPSA) is 79.5 Å². The number of amides is 2. The molecular formula is C15H19Cl2N3O3S. The van der Waals surface area contributed by atoms with E-state index < -0.39 is 17.4 Å². The van der Waals surface area contributed by atoms with Gasteiger partial charge in [-0.3, -0.25) is 20.4 Å². The standard InChI is InChI=1S/C15H19Cl2N3O3S/c1-8(23-11-6-5-9(16)7-10(11)17)12(21)19-20-14(24)18-13(22)15(2,3)4/h5-8H,1-4H3,(H,19,21)(H2,18,20,22,24). The minimum absolute atomic E-state index is 0.0139. The van der Waals surface area contributed by atoms with Crippen LogP contribution in [0.2, 0.25) is 10.0 Å². The van der Waals surface area contributed by atoms with Crippen LogP contribution in [0, 0.1) is 5.41 Å². The normalized spacial score (nSPS) is 12.1. The summed E-state index contributed by atoms with van der Waals surface area (Å²) in [6.07, 6.45) is -0.850. The molecule has 1 atom stereocenters. The van der Waals surface area contributed by atoms with Crippen LogP contribution >= 0.6 is 35.4 Å². The lowest BCUT2D eigenvalue weighted by atomic mass is 9.96. The second kappa shape index (κ2) is 8.50. The average molecular weight is 392 g/mol. The van der Waals surface area contributed by atoms with Crippen molar-refractivity contribution in [3.63, 3.8) is 0 Å². The van der Waals surface area contributed by atoms with Gasteiger partial charge in [-0.25, -0.2) is 0 Å². The number of carbonyl (C=O) groups excluding carboxylic acids is 2. The molecule has 0 aliphatic heterocycles. The number of hydrazine groups is 1. The molecule has 1 aromatic rings. The summed E-state index contributed by atoms with van der Waals surface area (Å²) in [7, 11) is 0. The number of nitrogens with one attached hydrogen (secondary N) is 3. The number of rotatable bonds is 3. The van der Waals surface area contributed by atoms with E-state index in [-0.39, 0.29) is 11.0 Å². The number of carbonyl (C=O) groups is 2. The van der Waals surface area contributed by atoms with Gasteiger partial charge >= 0.3 is 0 Å². The largest absolute Gasteiger partial charge is 0.479 e. The lowest BCUT2D eigenvalue weighted by molar-refractivity contribution is -0.128. The monoisotopic (exact) mass is 391 g/mol. The van der Waals surface area contributed by atoms with Crippen LogP contribution in [0.25, 0.3) is 0 Å². The first kappa shape index (κ1) is 20.5. The smallest absolute Gasteiger partial charge is 0.279 e. The molecule has 0 spiro atoms. The summed E-state index contributed by atoms with van der Waals surface area (Å²) >= 11 is 16.7. The van der Waals surface area contributed by atoms with Gasteiger partial charge in [0.1, 0.15) is 5.75 Å². The Balaban J connectivity index is 2.50. The molecule has 0 fully saturated rings. The number of hydrogen-bond donors (Lipinski definition) is 3. The highest BCUT2D eigenvalue weighted by atomic mass is 35.5. The fraction of sp³-hybridized carbons (Fsp3) is 0.400. The molecule has 0 radical (unpaired) electrons. The van der Waals surface area contributed by atoms with Crippen molar-refractivity contribution in [2.75, 3.05) is 0 Å². The fourth-order valence-electron chi connectivity index (χ4n) is 1.36. The highest BCUT2D eigenvalue weighted by Crippen LogP contribution is 2.28. The Kier molecular flexibility index (Phi) is 7.26. The molecule has 2 amide bonds. The van der Waals surface area contributed by atoms with E-state index in [0.29, 0.717) is 15.8 Å². The SMILES string of the molecule is CC(Oc1ccc(Cl)cc1Cl)C(=O)NNC(=S)NC(=O)C(C)(C)C. The molecule has 1 unspecified atom stereocenters. The van der Waals surface area contributed by atoms with Crippen LogP contribution in [0.1, 0.15) is 27.7 Å². The van der Waals surface area contributed by atoms with Gasteiger partial charge < -0.3 is 10.1 Å². The predicted octanol–water partition coefficient (Wildman–Crippen LogP) is 2.83. The Labute approximate surface area is 156 Å². The zero-order valence-corrected chi connectivity index (χ0v) is 16.0. The van der Waals surface area contributed by atoms with E-state index in [4.69, 9.17) is 40.2 Å². The molecule has 0 aromatic heterocycles. The predicted molar refractivity (Wildman–Crippen MR) is 98.0 cm³/mol. The van der Waals surface area contributed by atoms with E-state index in [1.165, 1.54) is 6.07 Å². The molecule has 132 valence electrons. The maximum absolute atomic E-state index is 12.0. The highest BCUT2D eigenvalue weighted by Gasteiger charge is 2.22. The molecule has 9 heteroatoms. The highest BCUT2D eigenvalue weighted by molar-refractivity contribution is 7.80. The van der Waals surface area contributed by atoms with Gasteiger partial charge in [-0.2, -0.15) is 0 Å². The van der Waals surface area contributed by atoms with Gasteiger partial charge in [0.05, 0.1) is 5.02 Å². The minimum atomic E-state index is -0.850. The molecule has 1 aromatic carbocycles. The molecule has 3 N–H and O–H groups in total. The van der Waals surface area contributed by atoms with E-state index >= 15 is 0 Å². The van der Waals surface area contributed by atoms with Gasteiger partial charge in [-0.1, -0.05) is 44.0 Å². The lowest BCUT2D eigenvalue weighted by Gasteiger charge is -2.20. The average Bonchev–Trinajstić information content (AvgIpc) is 2.46. The van der Waals surface area contributed by atoms with Crippen molar-refractivity contribution >= 4 is 52.3 Å². The Morgan fingerprint density at radius 1 is 1.21 bits per heavy atom. The third-order valence-electron chi connectivity index (χ3n) is 2.77. The molecule has 6 nitrogen and oxygen atoms in total. The van der Waals surface area contributed by atoms with Gasteiger partial charge in [0.15, 0.2) is 11.2 Å². The molecule has 0 saturated carbocycles. The number of hydrogen-bond acceptors (Lipinski definition) is 4. The van der Waals surface area contributed by atoms with Crippen LogP contribution in [-0.2, 0) is 9.59 Å². The third kappa shape index (κ3) is 6.51. The van der Waals surface area contributed by atoms with Crippen LogP contribution in [0.3, 0.4) is 0 Å².